The van der Waals surface area contributed by atoms with Gasteiger partial charge in [0.05, 0.1) is 10.5 Å². The summed E-state index contributed by atoms with van der Waals surface area (Å²) < 4.78 is 67.0. The number of nitrogens with one attached hydrogen (secondary N) is 1. The van der Waals surface area contributed by atoms with Gasteiger partial charge < -0.3 is 5.32 Å². The zero-order chi connectivity index (χ0) is 21.2. The number of carbonyl (C=O) groups excluding carboxylic acids is 1. The Kier molecular flexibility index (Phi) is 6.28. The number of rotatable bonds is 5. The molecule has 1 aliphatic rings. The van der Waals surface area contributed by atoms with Crippen LogP contribution in [-0.4, -0.2) is 37.8 Å². The fraction of sp³-hybridized carbons (Fsp3) is 0.350. The van der Waals surface area contributed by atoms with Gasteiger partial charge in [0, 0.05) is 19.1 Å². The van der Waals surface area contributed by atoms with Crippen LogP contribution in [0.15, 0.2) is 41.3 Å². The Morgan fingerprint density at radius 3 is 2.24 bits per heavy atom. The number of carbonyl (C=O) groups is 1. The molecule has 1 aliphatic heterocycles. The summed E-state index contributed by atoms with van der Waals surface area (Å²) in [4.78, 5) is 12.4. The van der Waals surface area contributed by atoms with Crippen LogP contribution in [0.5, 0.6) is 0 Å². The molecule has 1 heterocycles. The van der Waals surface area contributed by atoms with E-state index in [4.69, 9.17) is 0 Å². The third-order valence-corrected chi connectivity index (χ3v) is 6.95. The average molecular weight is 426 g/mol. The third-order valence-electron chi connectivity index (χ3n) is 5.04. The molecule has 2 aromatic rings. The molecule has 3 rings (SSSR count). The first-order chi connectivity index (χ1) is 13.7. The van der Waals surface area contributed by atoms with Gasteiger partial charge in [0.2, 0.25) is 10.0 Å². The van der Waals surface area contributed by atoms with Gasteiger partial charge in [0.25, 0.3) is 5.91 Å². The molecule has 0 unspecified atom stereocenters. The van der Waals surface area contributed by atoms with Crippen molar-refractivity contribution in [2.45, 2.75) is 37.1 Å². The standard InChI is InChI=1S/C20H21F3N2O3S/c1-2-13-3-5-15(6-4-13)29(27,28)25-11-9-14(10-12-25)24-20(26)16-7-8-17(21)19(23)18(16)22/h3-8,14H,2,9-12H2,1H3,(H,24,26). The molecule has 0 radical (unpaired) electrons. The number of aryl methyl sites for hydroxylation is 1. The van der Waals surface area contributed by atoms with Crippen molar-refractivity contribution in [3.05, 3.63) is 65.0 Å². The second kappa shape index (κ2) is 8.54. The average Bonchev–Trinajstić information content (AvgIpc) is 2.72. The van der Waals surface area contributed by atoms with Crippen molar-refractivity contribution in [1.29, 1.82) is 0 Å². The van der Waals surface area contributed by atoms with Crippen LogP contribution in [0.3, 0.4) is 0 Å². The zero-order valence-electron chi connectivity index (χ0n) is 15.8. The van der Waals surface area contributed by atoms with Gasteiger partial charge >= 0.3 is 0 Å². The molecule has 5 nitrogen and oxygen atoms in total. The summed E-state index contributed by atoms with van der Waals surface area (Å²) in [7, 11) is -3.64. The van der Waals surface area contributed by atoms with E-state index in [-0.39, 0.29) is 18.0 Å². The maximum atomic E-state index is 13.8. The van der Waals surface area contributed by atoms with Gasteiger partial charge in [-0.05, 0) is 49.1 Å². The Balaban J connectivity index is 1.63. The summed E-state index contributed by atoms with van der Waals surface area (Å²) in [6, 6.07) is 7.87. The molecule has 0 bridgehead atoms. The predicted octanol–water partition coefficient (Wildman–Crippen LogP) is 3.25. The summed E-state index contributed by atoms with van der Waals surface area (Å²) in [6.45, 7) is 2.35. The lowest BCUT2D eigenvalue weighted by molar-refractivity contribution is 0.0918. The molecule has 1 fully saturated rings. The number of nitrogens with zero attached hydrogens (tertiary/aromatic N) is 1. The van der Waals surface area contributed by atoms with Gasteiger partial charge in [-0.2, -0.15) is 4.31 Å². The molecule has 29 heavy (non-hydrogen) atoms. The summed E-state index contributed by atoms with van der Waals surface area (Å²) in [5.74, 6) is -5.48. The maximum absolute atomic E-state index is 13.8. The van der Waals surface area contributed by atoms with Gasteiger partial charge in [-0.3, -0.25) is 4.79 Å². The molecule has 156 valence electrons. The molecule has 0 spiro atoms. The zero-order valence-corrected chi connectivity index (χ0v) is 16.6. The molecular formula is C20H21F3N2O3S. The van der Waals surface area contributed by atoms with E-state index in [2.05, 4.69) is 5.32 Å². The lowest BCUT2D eigenvalue weighted by Crippen LogP contribution is -2.46. The fourth-order valence-electron chi connectivity index (χ4n) is 3.25. The number of hydrogen-bond donors (Lipinski definition) is 1. The highest BCUT2D eigenvalue weighted by molar-refractivity contribution is 7.89. The lowest BCUT2D eigenvalue weighted by Gasteiger charge is -2.31. The van der Waals surface area contributed by atoms with Gasteiger partial charge in [-0.25, -0.2) is 21.6 Å². The summed E-state index contributed by atoms with van der Waals surface area (Å²) in [5.41, 5.74) is 0.449. The Morgan fingerprint density at radius 1 is 1.03 bits per heavy atom. The molecule has 9 heteroatoms. The summed E-state index contributed by atoms with van der Waals surface area (Å²) >= 11 is 0. The molecule has 0 atom stereocenters. The topological polar surface area (TPSA) is 66.5 Å². The number of sulfonamides is 1. The van der Waals surface area contributed by atoms with Gasteiger partial charge in [0.1, 0.15) is 0 Å². The van der Waals surface area contributed by atoms with E-state index >= 15 is 0 Å². The van der Waals surface area contributed by atoms with Gasteiger partial charge in [0.15, 0.2) is 17.5 Å². The Morgan fingerprint density at radius 2 is 1.66 bits per heavy atom. The molecule has 1 N–H and O–H groups in total. The van der Waals surface area contributed by atoms with Gasteiger partial charge in [-0.15, -0.1) is 0 Å². The first kappa shape index (κ1) is 21.3. The van der Waals surface area contributed by atoms with Crippen molar-refractivity contribution in [3.8, 4) is 0 Å². The molecule has 0 aliphatic carbocycles. The Labute approximate surface area is 167 Å². The van der Waals surface area contributed by atoms with Crippen LogP contribution in [-0.2, 0) is 16.4 Å². The van der Waals surface area contributed by atoms with E-state index in [0.717, 1.165) is 18.1 Å². The first-order valence-electron chi connectivity index (χ1n) is 9.27. The van der Waals surface area contributed by atoms with Crippen LogP contribution in [0.4, 0.5) is 13.2 Å². The minimum absolute atomic E-state index is 0.184. The van der Waals surface area contributed by atoms with Crippen LogP contribution >= 0.6 is 0 Å². The van der Waals surface area contributed by atoms with E-state index in [9.17, 15) is 26.4 Å². The first-order valence-corrected chi connectivity index (χ1v) is 10.7. The third kappa shape index (κ3) is 4.45. The minimum Gasteiger partial charge on any atom is -0.349 e. The highest BCUT2D eigenvalue weighted by atomic mass is 32.2. The Bertz CT molecular complexity index is 1000. The monoisotopic (exact) mass is 426 g/mol. The molecule has 0 aromatic heterocycles. The highest BCUT2D eigenvalue weighted by Crippen LogP contribution is 2.22. The number of piperidine rings is 1. The quantitative estimate of drug-likeness (QED) is 0.747. The maximum Gasteiger partial charge on any atom is 0.254 e. The summed E-state index contributed by atoms with van der Waals surface area (Å²) in [6.07, 6.45) is 1.45. The predicted molar refractivity (Wildman–Crippen MR) is 101 cm³/mol. The van der Waals surface area contributed by atoms with E-state index in [1.807, 2.05) is 6.92 Å². The number of halogens is 3. The molecule has 0 saturated carbocycles. The van der Waals surface area contributed by atoms with Crippen molar-refractivity contribution in [2.24, 2.45) is 0 Å². The van der Waals surface area contributed by atoms with E-state index in [1.54, 1.807) is 24.3 Å². The SMILES string of the molecule is CCc1ccc(S(=O)(=O)N2CCC(NC(=O)c3ccc(F)c(F)c3F)CC2)cc1. The molecule has 1 saturated heterocycles. The number of amides is 1. The lowest BCUT2D eigenvalue weighted by atomic mass is 10.1. The minimum atomic E-state index is -3.64. The molecule has 2 aromatic carbocycles. The highest BCUT2D eigenvalue weighted by Gasteiger charge is 2.30. The van der Waals surface area contributed by atoms with Crippen LogP contribution in [0.1, 0.15) is 35.7 Å². The van der Waals surface area contributed by atoms with E-state index in [0.29, 0.717) is 18.9 Å². The van der Waals surface area contributed by atoms with Crippen molar-refractivity contribution in [2.75, 3.05) is 13.1 Å². The van der Waals surface area contributed by atoms with Crippen molar-refractivity contribution in [1.82, 2.24) is 9.62 Å². The smallest absolute Gasteiger partial charge is 0.254 e. The second-order valence-corrected chi connectivity index (χ2v) is 8.81. The van der Waals surface area contributed by atoms with E-state index < -0.39 is 45.0 Å². The normalized spacial score (nSPS) is 16.0. The number of hydrogen-bond acceptors (Lipinski definition) is 3. The Hall–Kier alpha value is -2.39. The van der Waals surface area contributed by atoms with Crippen molar-refractivity contribution in [3.63, 3.8) is 0 Å². The second-order valence-electron chi connectivity index (χ2n) is 6.87. The summed E-state index contributed by atoms with van der Waals surface area (Å²) in [5, 5.41) is 2.56. The van der Waals surface area contributed by atoms with Crippen LogP contribution in [0.2, 0.25) is 0 Å². The van der Waals surface area contributed by atoms with Crippen LogP contribution in [0, 0.1) is 17.5 Å². The number of benzene rings is 2. The largest absolute Gasteiger partial charge is 0.349 e. The van der Waals surface area contributed by atoms with Gasteiger partial charge in [-0.1, -0.05) is 19.1 Å². The van der Waals surface area contributed by atoms with Crippen LogP contribution in [0.25, 0.3) is 0 Å². The molecule has 1 amide bonds. The molecular weight excluding hydrogens is 405 g/mol. The van der Waals surface area contributed by atoms with Crippen LogP contribution < -0.4 is 5.32 Å². The van der Waals surface area contributed by atoms with Crippen molar-refractivity contribution < 1.29 is 26.4 Å². The van der Waals surface area contributed by atoms with Crippen molar-refractivity contribution >= 4 is 15.9 Å². The van der Waals surface area contributed by atoms with E-state index in [1.165, 1.54) is 4.31 Å². The fourth-order valence-corrected chi connectivity index (χ4v) is 4.72.